The van der Waals surface area contributed by atoms with Crippen LogP contribution in [0.5, 0.6) is 0 Å². The van der Waals surface area contributed by atoms with Crippen LogP contribution in [0.4, 0.5) is 0 Å². The second kappa shape index (κ2) is 6.31. The van der Waals surface area contributed by atoms with Gasteiger partial charge in [-0.2, -0.15) is 0 Å². The molecule has 0 aromatic carbocycles. The maximum absolute atomic E-state index is 6.29. The van der Waals surface area contributed by atoms with Crippen molar-refractivity contribution in [3.63, 3.8) is 0 Å². The van der Waals surface area contributed by atoms with Crippen molar-refractivity contribution >= 4 is 61.7 Å². The zero-order valence-electron chi connectivity index (χ0n) is 7.29. The third-order valence-corrected chi connectivity index (χ3v) is 5.60. The Labute approximate surface area is 107 Å². The van der Waals surface area contributed by atoms with Crippen LogP contribution in [0.25, 0.3) is 0 Å². The molecule has 0 nitrogen and oxygen atoms in total. The van der Waals surface area contributed by atoms with Crippen LogP contribution in [0, 0.1) is 5.41 Å². The van der Waals surface area contributed by atoms with Gasteiger partial charge in [-0.05, 0) is 11.8 Å². The molecule has 0 heterocycles. The van der Waals surface area contributed by atoms with Crippen molar-refractivity contribution in [2.75, 3.05) is 11.2 Å². The van der Waals surface area contributed by atoms with Gasteiger partial charge in [0.05, 0.1) is 5.38 Å². The number of hydrogen-bond donors (Lipinski definition) is 0. The first-order valence-electron chi connectivity index (χ1n) is 3.85. The first kappa shape index (κ1) is 13.8. The zero-order valence-corrected chi connectivity index (χ0v) is 12.5. The molecule has 0 N–H and O–H groups in total. The number of alkyl halides is 4. The summed E-state index contributed by atoms with van der Waals surface area (Å²) < 4.78 is 0.484. The van der Waals surface area contributed by atoms with Crippen molar-refractivity contribution < 1.29 is 0 Å². The molecule has 0 bridgehead atoms. The minimum absolute atomic E-state index is 0.0249. The van der Waals surface area contributed by atoms with Crippen molar-refractivity contribution in [1.82, 2.24) is 0 Å². The van der Waals surface area contributed by atoms with E-state index < -0.39 is 0 Å². The van der Waals surface area contributed by atoms with Gasteiger partial charge >= 0.3 is 0 Å². The lowest BCUT2D eigenvalue weighted by Gasteiger charge is -2.30. The number of rotatable bonds is 5. The van der Waals surface area contributed by atoms with Crippen molar-refractivity contribution in [2.45, 2.75) is 29.6 Å². The van der Waals surface area contributed by atoms with Crippen LogP contribution in [0.3, 0.4) is 0 Å². The summed E-state index contributed by atoms with van der Waals surface area (Å²) in [5.41, 5.74) is 0.0249. The second-order valence-corrected chi connectivity index (χ2v) is 6.65. The summed E-state index contributed by atoms with van der Waals surface area (Å²) >= 11 is 17.9. The molecule has 2 atom stereocenters. The van der Waals surface area contributed by atoms with Crippen molar-refractivity contribution in [2.24, 2.45) is 5.41 Å². The van der Waals surface area contributed by atoms with Gasteiger partial charge in [0, 0.05) is 15.1 Å². The molecule has 0 aliphatic rings. The topological polar surface area (TPSA) is 0 Å². The Balaban J connectivity index is 4.07. The van der Waals surface area contributed by atoms with Gasteiger partial charge in [-0.25, -0.2) is 0 Å². The fourth-order valence-corrected chi connectivity index (χ4v) is 3.90. The molecule has 2 unspecified atom stereocenters. The highest BCUT2D eigenvalue weighted by Gasteiger charge is 2.31. The summed E-state index contributed by atoms with van der Waals surface area (Å²) in [6.45, 7) is 4.22. The van der Waals surface area contributed by atoms with Crippen LogP contribution >= 0.6 is 61.7 Å². The Kier molecular flexibility index (Phi) is 7.25. The predicted octanol–water partition coefficient (Wildman–Crippen LogP) is 4.45. The van der Waals surface area contributed by atoms with Crippen LogP contribution < -0.4 is 0 Å². The SMILES string of the molecule is CC(C)(CCl)C(Cl)C(I)CCBr. The van der Waals surface area contributed by atoms with E-state index >= 15 is 0 Å². The number of halogens is 4. The Morgan fingerprint density at radius 3 is 2.33 bits per heavy atom. The first-order chi connectivity index (χ1) is 5.45. The highest BCUT2D eigenvalue weighted by molar-refractivity contribution is 14.1. The van der Waals surface area contributed by atoms with Crippen molar-refractivity contribution in [1.29, 1.82) is 0 Å². The normalized spacial score (nSPS) is 17.5. The van der Waals surface area contributed by atoms with E-state index in [4.69, 9.17) is 23.2 Å². The molecule has 0 saturated heterocycles. The highest BCUT2D eigenvalue weighted by Crippen LogP contribution is 2.34. The molecular weight excluding hydrogens is 374 g/mol. The quantitative estimate of drug-likeness (QED) is 0.483. The van der Waals surface area contributed by atoms with E-state index in [1.165, 1.54) is 0 Å². The van der Waals surface area contributed by atoms with Gasteiger partial charge in [0.2, 0.25) is 0 Å². The second-order valence-electron chi connectivity index (χ2n) is 3.52. The van der Waals surface area contributed by atoms with E-state index in [1.54, 1.807) is 0 Å². The minimum atomic E-state index is 0.0249. The molecular formula is C8H14BrCl2I. The molecule has 74 valence electrons. The lowest BCUT2D eigenvalue weighted by Crippen LogP contribution is -2.33. The summed E-state index contributed by atoms with van der Waals surface area (Å²) in [6.07, 6.45) is 1.09. The predicted molar refractivity (Wildman–Crippen MR) is 70.4 cm³/mol. The minimum Gasteiger partial charge on any atom is -0.126 e. The smallest absolute Gasteiger partial charge is 0.0516 e. The lowest BCUT2D eigenvalue weighted by atomic mass is 9.89. The fraction of sp³-hybridized carbons (Fsp3) is 1.00. The van der Waals surface area contributed by atoms with Crippen LogP contribution in [0.1, 0.15) is 20.3 Å². The van der Waals surface area contributed by atoms with Gasteiger partial charge in [-0.3, -0.25) is 0 Å². The molecule has 0 amide bonds. The molecule has 0 spiro atoms. The molecule has 0 aromatic rings. The molecule has 0 radical (unpaired) electrons. The summed E-state index contributed by atoms with van der Waals surface area (Å²) in [5.74, 6) is 0.614. The molecule has 0 aromatic heterocycles. The Morgan fingerprint density at radius 2 is 2.00 bits per heavy atom. The van der Waals surface area contributed by atoms with Crippen molar-refractivity contribution in [3.8, 4) is 0 Å². The number of hydrogen-bond acceptors (Lipinski definition) is 0. The van der Waals surface area contributed by atoms with E-state index in [0.717, 1.165) is 11.8 Å². The van der Waals surface area contributed by atoms with Crippen LogP contribution in [-0.4, -0.2) is 20.5 Å². The lowest BCUT2D eigenvalue weighted by molar-refractivity contribution is 0.390. The van der Waals surface area contributed by atoms with E-state index in [0.29, 0.717) is 9.80 Å². The molecule has 0 saturated carbocycles. The molecule has 0 rings (SSSR count). The van der Waals surface area contributed by atoms with Crippen molar-refractivity contribution in [3.05, 3.63) is 0 Å². The van der Waals surface area contributed by atoms with E-state index in [2.05, 4.69) is 52.4 Å². The standard InChI is InChI=1S/C8H14BrCl2I/c1-8(2,5-10)7(11)6(12)3-4-9/h6-7H,3-5H2,1-2H3. The molecule has 4 heteroatoms. The summed E-state index contributed by atoms with van der Waals surface area (Å²) in [7, 11) is 0. The first-order valence-corrected chi connectivity index (χ1v) is 7.19. The maximum Gasteiger partial charge on any atom is 0.0516 e. The average Bonchev–Trinajstić information content (AvgIpc) is 2.03. The molecule has 0 aliphatic heterocycles. The van der Waals surface area contributed by atoms with Gasteiger partial charge in [-0.1, -0.05) is 52.4 Å². The third kappa shape index (κ3) is 4.34. The van der Waals surface area contributed by atoms with Gasteiger partial charge < -0.3 is 0 Å². The zero-order chi connectivity index (χ0) is 9.78. The van der Waals surface area contributed by atoms with E-state index in [-0.39, 0.29) is 10.8 Å². The van der Waals surface area contributed by atoms with Gasteiger partial charge in [0.15, 0.2) is 0 Å². The monoisotopic (exact) mass is 386 g/mol. The van der Waals surface area contributed by atoms with Gasteiger partial charge in [0.25, 0.3) is 0 Å². The van der Waals surface area contributed by atoms with Crippen LogP contribution in [0.15, 0.2) is 0 Å². The van der Waals surface area contributed by atoms with Gasteiger partial charge in [-0.15, -0.1) is 23.2 Å². The summed E-state index contributed by atoms with van der Waals surface area (Å²) in [5, 5.41) is 1.15. The highest BCUT2D eigenvalue weighted by atomic mass is 127. The Morgan fingerprint density at radius 1 is 1.50 bits per heavy atom. The Hall–Kier alpha value is 1.79. The molecule has 0 aliphatic carbocycles. The summed E-state index contributed by atoms with van der Waals surface area (Å²) in [6, 6.07) is 0. The Bertz CT molecular complexity index is 130. The largest absolute Gasteiger partial charge is 0.126 e. The molecule has 12 heavy (non-hydrogen) atoms. The molecule has 0 fully saturated rings. The maximum atomic E-state index is 6.29. The third-order valence-electron chi connectivity index (χ3n) is 1.79. The summed E-state index contributed by atoms with van der Waals surface area (Å²) in [4.78, 5) is 0. The van der Waals surface area contributed by atoms with Crippen LogP contribution in [-0.2, 0) is 0 Å². The average molecular weight is 388 g/mol. The van der Waals surface area contributed by atoms with Crippen LogP contribution in [0.2, 0.25) is 0 Å². The van der Waals surface area contributed by atoms with Gasteiger partial charge in [0.1, 0.15) is 0 Å². The fourth-order valence-electron chi connectivity index (χ4n) is 0.814. The van der Waals surface area contributed by atoms with E-state index in [9.17, 15) is 0 Å². The van der Waals surface area contributed by atoms with E-state index in [1.807, 2.05) is 0 Å².